The van der Waals surface area contributed by atoms with E-state index in [0.29, 0.717) is 23.8 Å². The fraction of sp³-hybridized carbons (Fsp3) is 0.545. The van der Waals surface area contributed by atoms with Crippen molar-refractivity contribution in [1.29, 1.82) is 0 Å². The number of aromatic amines is 1. The van der Waals surface area contributed by atoms with Crippen LogP contribution in [0.5, 0.6) is 0 Å². The SMILES string of the molecule is CCc1ccc2[nH]c(=O)c(CN(CCO)C(=S)NCCCN3CCOCC3)cc2c1. The van der Waals surface area contributed by atoms with Crippen molar-refractivity contribution in [2.45, 2.75) is 26.3 Å². The van der Waals surface area contributed by atoms with Gasteiger partial charge >= 0.3 is 0 Å². The van der Waals surface area contributed by atoms with Gasteiger partial charge in [-0.25, -0.2) is 0 Å². The van der Waals surface area contributed by atoms with Gasteiger partial charge in [0.05, 0.1) is 26.4 Å². The van der Waals surface area contributed by atoms with Gasteiger partial charge in [0.1, 0.15) is 0 Å². The lowest BCUT2D eigenvalue weighted by molar-refractivity contribution is 0.0376. The highest BCUT2D eigenvalue weighted by molar-refractivity contribution is 7.80. The maximum absolute atomic E-state index is 12.6. The van der Waals surface area contributed by atoms with Crippen LogP contribution < -0.4 is 10.9 Å². The van der Waals surface area contributed by atoms with E-state index >= 15 is 0 Å². The lowest BCUT2D eigenvalue weighted by atomic mass is 10.1. The molecule has 1 fully saturated rings. The molecule has 0 spiro atoms. The molecule has 0 saturated carbocycles. The number of hydrogen-bond acceptors (Lipinski definition) is 5. The molecule has 1 aliphatic rings. The average molecular weight is 433 g/mol. The van der Waals surface area contributed by atoms with E-state index in [4.69, 9.17) is 17.0 Å². The first-order valence-electron chi connectivity index (χ1n) is 10.7. The summed E-state index contributed by atoms with van der Waals surface area (Å²) in [6, 6.07) is 8.02. The third kappa shape index (κ3) is 6.25. The Morgan fingerprint density at radius 1 is 1.33 bits per heavy atom. The minimum atomic E-state index is -0.121. The van der Waals surface area contributed by atoms with Crippen molar-refractivity contribution in [1.82, 2.24) is 20.1 Å². The van der Waals surface area contributed by atoms with E-state index in [0.717, 1.165) is 63.1 Å². The molecule has 1 aliphatic heterocycles. The Hall–Kier alpha value is -2.00. The number of nitrogens with zero attached hydrogens (tertiary/aromatic N) is 2. The normalized spacial score (nSPS) is 14.7. The quantitative estimate of drug-likeness (QED) is 0.409. The Balaban J connectivity index is 1.60. The number of aryl methyl sites for hydroxylation is 1. The van der Waals surface area contributed by atoms with Crippen LogP contribution in [0, 0.1) is 0 Å². The summed E-state index contributed by atoms with van der Waals surface area (Å²) in [6.07, 6.45) is 1.92. The van der Waals surface area contributed by atoms with Gasteiger partial charge in [0.2, 0.25) is 0 Å². The van der Waals surface area contributed by atoms with Gasteiger partial charge in [-0.05, 0) is 60.8 Å². The maximum Gasteiger partial charge on any atom is 0.253 e. The topological polar surface area (TPSA) is 80.8 Å². The van der Waals surface area contributed by atoms with Crippen LogP contribution in [0.4, 0.5) is 0 Å². The number of rotatable bonds is 9. The molecule has 8 heteroatoms. The number of benzene rings is 1. The molecular formula is C22H32N4O3S. The first kappa shape index (κ1) is 22.7. The molecule has 0 unspecified atom stereocenters. The second-order valence-corrected chi connectivity index (χ2v) is 7.97. The molecule has 0 aliphatic carbocycles. The zero-order valence-electron chi connectivity index (χ0n) is 17.7. The summed E-state index contributed by atoms with van der Waals surface area (Å²) in [5.74, 6) is 0. The molecule has 1 aromatic heterocycles. The molecule has 1 aromatic carbocycles. The fourth-order valence-corrected chi connectivity index (χ4v) is 3.91. The molecule has 0 amide bonds. The van der Waals surface area contributed by atoms with Crippen molar-refractivity contribution >= 4 is 28.2 Å². The van der Waals surface area contributed by atoms with E-state index in [2.05, 4.69) is 28.2 Å². The number of thiocarbonyl (C=S) groups is 1. The standard InChI is InChI=1S/C22H32N4O3S/c1-2-17-4-5-20-18(14-17)15-19(21(28)24-20)16-26(8-11-27)22(30)23-6-3-7-25-9-12-29-13-10-25/h4-5,14-15,27H,2-3,6-13,16H2,1H3,(H,23,30)(H,24,28). The summed E-state index contributed by atoms with van der Waals surface area (Å²) in [5, 5.41) is 14.3. The number of nitrogens with one attached hydrogen (secondary N) is 2. The van der Waals surface area contributed by atoms with Crippen molar-refractivity contribution in [3.8, 4) is 0 Å². The van der Waals surface area contributed by atoms with Gasteiger partial charge in [-0.3, -0.25) is 9.69 Å². The first-order chi connectivity index (χ1) is 14.6. The monoisotopic (exact) mass is 432 g/mol. The molecular weight excluding hydrogens is 400 g/mol. The number of aliphatic hydroxyl groups is 1. The van der Waals surface area contributed by atoms with Gasteiger partial charge in [-0.1, -0.05) is 13.0 Å². The van der Waals surface area contributed by atoms with Crippen molar-refractivity contribution in [3.05, 3.63) is 45.7 Å². The summed E-state index contributed by atoms with van der Waals surface area (Å²) in [6.45, 7) is 8.14. The highest BCUT2D eigenvalue weighted by Crippen LogP contribution is 2.15. The maximum atomic E-state index is 12.6. The Morgan fingerprint density at radius 2 is 2.13 bits per heavy atom. The Kier molecular flexibility index (Phi) is 8.62. The van der Waals surface area contributed by atoms with Crippen LogP contribution in [0.3, 0.4) is 0 Å². The van der Waals surface area contributed by atoms with Gasteiger partial charge in [0.15, 0.2) is 5.11 Å². The van der Waals surface area contributed by atoms with Crippen molar-refractivity contribution in [2.24, 2.45) is 0 Å². The van der Waals surface area contributed by atoms with Crippen LogP contribution in [-0.2, 0) is 17.7 Å². The molecule has 30 heavy (non-hydrogen) atoms. The van der Waals surface area contributed by atoms with Crippen molar-refractivity contribution in [2.75, 3.05) is 52.5 Å². The summed E-state index contributed by atoms with van der Waals surface area (Å²) in [7, 11) is 0. The third-order valence-electron chi connectivity index (χ3n) is 5.44. The van der Waals surface area contributed by atoms with E-state index in [1.54, 1.807) is 0 Å². The number of morpholine rings is 1. The van der Waals surface area contributed by atoms with Crippen molar-refractivity contribution in [3.63, 3.8) is 0 Å². The van der Waals surface area contributed by atoms with Gasteiger partial charge in [-0.15, -0.1) is 0 Å². The van der Waals surface area contributed by atoms with E-state index in [1.807, 2.05) is 23.1 Å². The van der Waals surface area contributed by atoms with Gasteiger partial charge in [0.25, 0.3) is 5.56 Å². The predicted octanol–water partition coefficient (Wildman–Crippen LogP) is 1.48. The van der Waals surface area contributed by atoms with E-state index < -0.39 is 0 Å². The molecule has 1 saturated heterocycles. The molecule has 164 valence electrons. The molecule has 3 N–H and O–H groups in total. The summed E-state index contributed by atoms with van der Waals surface area (Å²) in [4.78, 5) is 19.8. The van der Waals surface area contributed by atoms with Crippen molar-refractivity contribution < 1.29 is 9.84 Å². The zero-order valence-corrected chi connectivity index (χ0v) is 18.5. The second kappa shape index (κ2) is 11.4. The van der Waals surface area contributed by atoms with Crippen LogP contribution in [0.1, 0.15) is 24.5 Å². The second-order valence-electron chi connectivity index (χ2n) is 7.58. The number of pyridine rings is 1. The molecule has 2 heterocycles. The van der Waals surface area contributed by atoms with E-state index in [1.165, 1.54) is 5.56 Å². The van der Waals surface area contributed by atoms with E-state index in [9.17, 15) is 9.90 Å². The predicted molar refractivity (Wildman–Crippen MR) is 124 cm³/mol. The third-order valence-corrected chi connectivity index (χ3v) is 5.85. The van der Waals surface area contributed by atoms with Crippen LogP contribution in [0.15, 0.2) is 29.1 Å². The number of fused-ring (bicyclic) bond motifs is 1. The molecule has 2 aromatic rings. The largest absolute Gasteiger partial charge is 0.395 e. The van der Waals surface area contributed by atoms with Crippen LogP contribution in [0.2, 0.25) is 0 Å². The number of hydrogen-bond donors (Lipinski definition) is 3. The smallest absolute Gasteiger partial charge is 0.253 e. The zero-order chi connectivity index (χ0) is 21.3. The average Bonchev–Trinajstić information content (AvgIpc) is 2.77. The Morgan fingerprint density at radius 3 is 2.87 bits per heavy atom. The molecule has 0 atom stereocenters. The van der Waals surface area contributed by atoms with Gasteiger partial charge in [0, 0.05) is 37.3 Å². The number of aliphatic hydroxyl groups excluding tert-OH is 1. The molecule has 3 rings (SSSR count). The summed E-state index contributed by atoms with van der Waals surface area (Å²) >= 11 is 5.55. The number of ether oxygens (including phenoxy) is 1. The first-order valence-corrected chi connectivity index (χ1v) is 11.1. The Labute approximate surface area is 183 Å². The fourth-order valence-electron chi connectivity index (χ4n) is 3.65. The lowest BCUT2D eigenvalue weighted by Gasteiger charge is -2.27. The highest BCUT2D eigenvalue weighted by atomic mass is 32.1. The lowest BCUT2D eigenvalue weighted by Crippen LogP contribution is -2.43. The van der Waals surface area contributed by atoms with E-state index in [-0.39, 0.29) is 12.2 Å². The number of H-pyrrole nitrogens is 1. The summed E-state index contributed by atoms with van der Waals surface area (Å²) < 4.78 is 5.37. The summed E-state index contributed by atoms with van der Waals surface area (Å²) in [5.41, 5.74) is 2.58. The Bertz CT molecular complexity index is 896. The molecule has 0 bridgehead atoms. The number of aromatic nitrogens is 1. The van der Waals surface area contributed by atoms with Crippen LogP contribution in [0.25, 0.3) is 10.9 Å². The van der Waals surface area contributed by atoms with Gasteiger partial charge in [-0.2, -0.15) is 0 Å². The minimum Gasteiger partial charge on any atom is -0.395 e. The molecule has 0 radical (unpaired) electrons. The minimum absolute atomic E-state index is 0.0267. The van der Waals surface area contributed by atoms with Crippen LogP contribution in [-0.4, -0.2) is 77.5 Å². The van der Waals surface area contributed by atoms with Crippen LogP contribution >= 0.6 is 12.2 Å². The highest BCUT2D eigenvalue weighted by Gasteiger charge is 2.14. The molecule has 7 nitrogen and oxygen atoms in total. The van der Waals surface area contributed by atoms with Gasteiger partial charge < -0.3 is 25.0 Å².